The first-order valence-corrected chi connectivity index (χ1v) is 15.0. The fourth-order valence-electron chi connectivity index (χ4n) is 4.37. The number of carbonyl (C=O) groups excluding carboxylic acids is 2. The number of rotatable bonds is 23. The maximum absolute atomic E-state index is 13.6. The highest BCUT2D eigenvalue weighted by molar-refractivity contribution is 6.10. The second-order valence-electron chi connectivity index (χ2n) is 11.0. The molecule has 0 aliphatic heterocycles. The number of ether oxygens (including phenoxy) is 5. The highest BCUT2D eigenvalue weighted by Crippen LogP contribution is 2.25. The van der Waals surface area contributed by atoms with Gasteiger partial charge >= 0.3 is 5.97 Å². The zero-order valence-corrected chi connectivity index (χ0v) is 25.5. The van der Waals surface area contributed by atoms with Crippen LogP contribution in [0.2, 0.25) is 0 Å². The van der Waals surface area contributed by atoms with E-state index in [2.05, 4.69) is 20.4 Å². The second kappa shape index (κ2) is 19.5. The predicted molar refractivity (Wildman–Crippen MR) is 163 cm³/mol. The quantitative estimate of drug-likeness (QED) is 0.0477. The average molecular weight is 571 g/mol. The van der Waals surface area contributed by atoms with E-state index in [1.165, 1.54) is 0 Å². The molecule has 0 aromatic heterocycles. The Morgan fingerprint density at radius 2 is 1.41 bits per heavy atom. The maximum Gasteiger partial charge on any atom is 0.317 e. The van der Waals surface area contributed by atoms with Crippen molar-refractivity contribution in [2.24, 2.45) is 11.8 Å². The normalized spacial score (nSPS) is 13.2. The van der Waals surface area contributed by atoms with E-state index in [4.69, 9.17) is 23.7 Å². The van der Waals surface area contributed by atoms with Gasteiger partial charge in [0, 0.05) is 18.8 Å². The number of fused-ring (bicyclic) bond motifs is 1. The molecule has 0 aliphatic carbocycles. The van der Waals surface area contributed by atoms with E-state index in [-0.39, 0.29) is 18.8 Å². The highest BCUT2D eigenvalue weighted by atomic mass is 16.6. The number of allylic oxidation sites excluding steroid dienone is 1. The van der Waals surface area contributed by atoms with Gasteiger partial charge in [-0.15, -0.1) is 6.58 Å². The van der Waals surface area contributed by atoms with E-state index in [0.29, 0.717) is 57.5 Å². The molecule has 7 heteroatoms. The Morgan fingerprint density at radius 1 is 0.829 bits per heavy atom. The molecule has 0 bridgehead atoms. The second-order valence-corrected chi connectivity index (χ2v) is 11.0. The van der Waals surface area contributed by atoms with Crippen LogP contribution >= 0.6 is 0 Å². The van der Waals surface area contributed by atoms with Crippen molar-refractivity contribution in [3.8, 4) is 0 Å². The van der Waals surface area contributed by atoms with Crippen molar-refractivity contribution >= 4 is 22.5 Å². The van der Waals surface area contributed by atoms with Gasteiger partial charge in [-0.1, -0.05) is 56.3 Å². The van der Waals surface area contributed by atoms with Crippen LogP contribution in [0.1, 0.15) is 70.2 Å². The van der Waals surface area contributed by atoms with E-state index in [0.717, 1.165) is 36.6 Å². The third-order valence-corrected chi connectivity index (χ3v) is 6.87. The Kier molecular flexibility index (Phi) is 16.5. The lowest BCUT2D eigenvalue weighted by atomic mass is 9.92. The summed E-state index contributed by atoms with van der Waals surface area (Å²) in [5, 5.41) is 1.99. The molecule has 228 valence electrons. The number of benzene rings is 2. The monoisotopic (exact) mass is 570 g/mol. The van der Waals surface area contributed by atoms with Crippen molar-refractivity contribution in [1.82, 2.24) is 0 Å². The van der Waals surface area contributed by atoms with Gasteiger partial charge in [-0.3, -0.25) is 9.59 Å². The number of hydrogen-bond acceptors (Lipinski definition) is 7. The van der Waals surface area contributed by atoms with Gasteiger partial charge in [0.1, 0.15) is 11.5 Å². The zero-order chi connectivity index (χ0) is 29.9. The van der Waals surface area contributed by atoms with E-state index in [1.54, 1.807) is 6.07 Å². The first-order chi connectivity index (χ1) is 19.8. The maximum atomic E-state index is 13.6. The van der Waals surface area contributed by atoms with Crippen molar-refractivity contribution in [3.63, 3.8) is 0 Å². The molecule has 0 heterocycles. The minimum absolute atomic E-state index is 0.231. The lowest BCUT2D eigenvalue weighted by Crippen LogP contribution is -2.35. The summed E-state index contributed by atoms with van der Waals surface area (Å²) in [6, 6.07) is 13.4. The predicted octanol–water partition coefficient (Wildman–Crippen LogP) is 6.82. The number of ketones is 1. The first-order valence-electron chi connectivity index (χ1n) is 15.0. The Morgan fingerprint density at radius 3 is 2.02 bits per heavy atom. The summed E-state index contributed by atoms with van der Waals surface area (Å²) in [5.74, 6) is -1.31. The summed E-state index contributed by atoms with van der Waals surface area (Å²) in [6.07, 6.45) is 5.74. The Bertz CT molecular complexity index is 1050. The molecule has 0 saturated heterocycles. The average Bonchev–Trinajstić information content (AvgIpc) is 2.96. The largest absolute Gasteiger partial charge is 0.459 e. The van der Waals surface area contributed by atoms with E-state index in [9.17, 15) is 9.59 Å². The molecule has 0 spiro atoms. The Balaban J connectivity index is 1.89. The molecule has 7 nitrogen and oxygen atoms in total. The molecule has 2 aromatic rings. The standard InChI is InChI=1S/C34H50O7/c1-6-18-37-20-22-39-24-25-40-23-21-38-19-16-31(33(36)41-34(4,5)17-10-11-27(3)7-2)32(35)30-15-14-28-12-8-9-13-29(28)26-30/h7-9,12-15,26-27,31H,2,6,10-11,16-25H2,1,3-5H3. The van der Waals surface area contributed by atoms with Crippen LogP contribution in [-0.2, 0) is 28.5 Å². The van der Waals surface area contributed by atoms with Crippen molar-refractivity contribution in [3.05, 3.63) is 60.7 Å². The molecule has 2 aromatic carbocycles. The van der Waals surface area contributed by atoms with Gasteiger partial charge in [0.05, 0.1) is 39.6 Å². The molecular formula is C34H50O7. The van der Waals surface area contributed by atoms with Crippen LogP contribution in [0.4, 0.5) is 0 Å². The zero-order valence-electron chi connectivity index (χ0n) is 25.5. The van der Waals surface area contributed by atoms with Gasteiger partial charge < -0.3 is 23.7 Å². The molecule has 2 atom stereocenters. The molecular weight excluding hydrogens is 520 g/mol. The Labute approximate surface area is 246 Å². The fourth-order valence-corrected chi connectivity index (χ4v) is 4.37. The van der Waals surface area contributed by atoms with Crippen LogP contribution in [0.5, 0.6) is 0 Å². The summed E-state index contributed by atoms with van der Waals surface area (Å²) >= 11 is 0. The number of carbonyl (C=O) groups is 2. The van der Waals surface area contributed by atoms with Gasteiger partial charge in [-0.2, -0.15) is 0 Å². The topological polar surface area (TPSA) is 80.3 Å². The van der Waals surface area contributed by atoms with E-state index < -0.39 is 17.5 Å². The minimum Gasteiger partial charge on any atom is -0.459 e. The van der Waals surface area contributed by atoms with Crippen LogP contribution in [0.15, 0.2) is 55.1 Å². The van der Waals surface area contributed by atoms with Crippen LogP contribution in [0.25, 0.3) is 10.8 Å². The van der Waals surface area contributed by atoms with Crippen LogP contribution < -0.4 is 0 Å². The van der Waals surface area contributed by atoms with Gasteiger partial charge in [-0.25, -0.2) is 0 Å². The molecule has 0 aliphatic rings. The minimum atomic E-state index is -0.952. The van der Waals surface area contributed by atoms with Gasteiger partial charge in [-0.05, 0) is 68.7 Å². The van der Waals surface area contributed by atoms with E-state index >= 15 is 0 Å². The molecule has 0 saturated carbocycles. The molecule has 0 N–H and O–H groups in total. The third kappa shape index (κ3) is 13.8. The summed E-state index contributed by atoms with van der Waals surface area (Å²) in [6.45, 7) is 15.7. The lowest BCUT2D eigenvalue weighted by Gasteiger charge is -2.28. The molecule has 2 rings (SSSR count). The number of hydrogen-bond donors (Lipinski definition) is 0. The lowest BCUT2D eigenvalue weighted by molar-refractivity contribution is -0.161. The third-order valence-electron chi connectivity index (χ3n) is 6.87. The van der Waals surface area contributed by atoms with Gasteiger partial charge in [0.15, 0.2) is 5.78 Å². The SMILES string of the molecule is C=CC(C)CCCC(C)(C)OC(=O)C(CCOCCOCCOCCOCCC)C(=O)c1ccc2ccccc2c1. The van der Waals surface area contributed by atoms with Crippen LogP contribution in [0.3, 0.4) is 0 Å². The molecule has 41 heavy (non-hydrogen) atoms. The number of Topliss-reactive ketones (excluding diaryl/α,β-unsaturated/α-hetero) is 1. The van der Waals surface area contributed by atoms with Crippen LogP contribution in [-0.4, -0.2) is 70.2 Å². The van der Waals surface area contributed by atoms with Gasteiger partial charge in [0.25, 0.3) is 0 Å². The molecule has 0 radical (unpaired) electrons. The number of esters is 1. The van der Waals surface area contributed by atoms with E-state index in [1.807, 2.05) is 56.3 Å². The summed E-state index contributed by atoms with van der Waals surface area (Å²) in [5.41, 5.74) is -0.189. The fraction of sp³-hybridized carbons (Fsp3) is 0.588. The molecule has 0 amide bonds. The van der Waals surface area contributed by atoms with Crippen molar-refractivity contribution < 1.29 is 33.3 Å². The highest BCUT2D eigenvalue weighted by Gasteiger charge is 2.33. The summed E-state index contributed by atoms with van der Waals surface area (Å²) < 4.78 is 28.0. The van der Waals surface area contributed by atoms with Crippen molar-refractivity contribution in [2.45, 2.75) is 65.4 Å². The summed E-state index contributed by atoms with van der Waals surface area (Å²) in [7, 11) is 0. The molecule has 0 fully saturated rings. The smallest absolute Gasteiger partial charge is 0.317 e. The van der Waals surface area contributed by atoms with Gasteiger partial charge in [0.2, 0.25) is 0 Å². The van der Waals surface area contributed by atoms with Crippen molar-refractivity contribution in [1.29, 1.82) is 0 Å². The Hall–Kier alpha value is -2.58. The molecule has 2 unspecified atom stereocenters. The first kappa shape index (κ1) is 34.6. The summed E-state index contributed by atoms with van der Waals surface area (Å²) in [4.78, 5) is 27.0. The van der Waals surface area contributed by atoms with Crippen LogP contribution in [0, 0.1) is 11.8 Å². The van der Waals surface area contributed by atoms with Crippen molar-refractivity contribution in [2.75, 3.05) is 52.9 Å².